The number of hydrogen-bond donors (Lipinski definition) is 3. The number of nitrogens with one attached hydrogen (secondary N) is 1. The van der Waals surface area contributed by atoms with Crippen molar-refractivity contribution >= 4 is 5.91 Å². The topological polar surface area (TPSA) is 122 Å². The summed E-state index contributed by atoms with van der Waals surface area (Å²) in [6.45, 7) is 2.45. The number of amides is 1. The molecule has 1 unspecified atom stereocenters. The zero-order valence-electron chi connectivity index (χ0n) is 8.41. The Morgan fingerprint density at radius 1 is 1.14 bits per heavy atom. The first-order valence-corrected chi connectivity index (χ1v) is 4.77. The van der Waals surface area contributed by atoms with Crippen LogP contribution in [0.15, 0.2) is 0 Å². The van der Waals surface area contributed by atoms with Crippen molar-refractivity contribution in [2.75, 3.05) is 32.7 Å². The minimum atomic E-state index is -0.614. The second-order valence-electron chi connectivity index (χ2n) is 3.07. The van der Waals surface area contributed by atoms with E-state index in [1.54, 1.807) is 0 Å². The van der Waals surface area contributed by atoms with Crippen LogP contribution in [-0.4, -0.2) is 49.6 Å². The van der Waals surface area contributed by atoms with Crippen LogP contribution in [0.25, 0.3) is 0 Å². The van der Waals surface area contributed by atoms with Crippen molar-refractivity contribution in [2.45, 2.75) is 12.5 Å². The minimum Gasteiger partial charge on any atom is -0.330 e. The molecule has 0 aliphatic carbocycles. The van der Waals surface area contributed by atoms with E-state index in [9.17, 15) is 4.79 Å². The highest BCUT2D eigenvalue weighted by molar-refractivity contribution is 5.79. The van der Waals surface area contributed by atoms with E-state index in [2.05, 4.69) is 0 Å². The third kappa shape index (κ3) is 4.52. The highest BCUT2D eigenvalue weighted by Gasteiger charge is 2.22. The quantitative estimate of drug-likeness (QED) is 0.410. The van der Waals surface area contributed by atoms with Crippen LogP contribution in [0.3, 0.4) is 0 Å². The maximum absolute atomic E-state index is 11.0. The second-order valence-corrected chi connectivity index (χ2v) is 3.07. The smallest absolute Gasteiger partial charge is 0.255 e. The highest BCUT2D eigenvalue weighted by Crippen LogP contribution is 2.02. The number of hydrogen-bond acceptors (Lipinski definition) is 5. The normalized spacial score (nSPS) is 13.1. The van der Waals surface area contributed by atoms with Crippen LogP contribution in [0.4, 0.5) is 0 Å². The fourth-order valence-corrected chi connectivity index (χ4v) is 1.39. The van der Waals surface area contributed by atoms with Crippen molar-refractivity contribution in [1.82, 2.24) is 10.6 Å². The van der Waals surface area contributed by atoms with Gasteiger partial charge in [-0.05, 0) is 13.0 Å². The van der Waals surface area contributed by atoms with Gasteiger partial charge in [0.05, 0.1) is 6.04 Å². The van der Waals surface area contributed by atoms with Gasteiger partial charge in [-0.2, -0.15) is 0 Å². The third-order valence-corrected chi connectivity index (χ3v) is 2.02. The molecule has 0 aliphatic heterocycles. The van der Waals surface area contributed by atoms with Crippen LogP contribution in [0.2, 0.25) is 0 Å². The lowest BCUT2D eigenvalue weighted by Gasteiger charge is -2.27. The highest BCUT2D eigenvalue weighted by atomic mass is 16.1. The molecule has 0 aromatic carbocycles. The summed E-state index contributed by atoms with van der Waals surface area (Å²) in [5.74, 6) is -0.614. The van der Waals surface area contributed by atoms with E-state index in [1.165, 1.54) is 0 Å². The summed E-state index contributed by atoms with van der Waals surface area (Å²) in [5, 5.41) is 0. The molecule has 7 N–H and O–H groups in total. The zero-order chi connectivity index (χ0) is 11.0. The van der Waals surface area contributed by atoms with Crippen LogP contribution >= 0.6 is 0 Å². The zero-order valence-corrected chi connectivity index (χ0v) is 8.41. The van der Waals surface area contributed by atoms with Crippen molar-refractivity contribution in [1.29, 1.82) is 0 Å². The molecule has 1 amide bonds. The standard InChI is InChI=1S/C8H20N5O/c9-2-1-7(8(12)14)13(5-3-10)6-4-11/h7,12H,1-6,9-11H2. The Morgan fingerprint density at radius 2 is 1.64 bits per heavy atom. The average Bonchev–Trinajstić information content (AvgIpc) is 2.13. The van der Waals surface area contributed by atoms with E-state index in [0.29, 0.717) is 39.1 Å². The molecule has 6 nitrogen and oxygen atoms in total. The van der Waals surface area contributed by atoms with E-state index >= 15 is 0 Å². The molecular formula is C8H20N5O. The third-order valence-electron chi connectivity index (χ3n) is 2.02. The van der Waals surface area contributed by atoms with Crippen molar-refractivity contribution < 1.29 is 4.79 Å². The fourth-order valence-electron chi connectivity index (χ4n) is 1.39. The van der Waals surface area contributed by atoms with Crippen LogP contribution in [0.5, 0.6) is 0 Å². The van der Waals surface area contributed by atoms with Crippen LogP contribution in [0, 0.1) is 0 Å². The second kappa shape index (κ2) is 7.69. The fraction of sp³-hybridized carbons (Fsp3) is 0.875. The molecule has 6 heteroatoms. The van der Waals surface area contributed by atoms with E-state index < -0.39 is 11.9 Å². The summed E-state index contributed by atoms with van der Waals surface area (Å²) in [4.78, 5) is 12.8. The van der Waals surface area contributed by atoms with Gasteiger partial charge in [0.2, 0.25) is 0 Å². The molecule has 83 valence electrons. The lowest BCUT2D eigenvalue weighted by molar-refractivity contribution is -0.124. The summed E-state index contributed by atoms with van der Waals surface area (Å²) >= 11 is 0. The Morgan fingerprint density at radius 3 is 1.93 bits per heavy atom. The number of carbonyl (C=O) groups excluding carboxylic acids is 1. The van der Waals surface area contributed by atoms with E-state index in [0.717, 1.165) is 0 Å². The van der Waals surface area contributed by atoms with Crippen LogP contribution < -0.4 is 22.9 Å². The van der Waals surface area contributed by atoms with Gasteiger partial charge in [-0.1, -0.05) is 0 Å². The maximum Gasteiger partial charge on any atom is 0.255 e. The molecule has 0 rings (SSSR count). The number of nitrogens with zero attached hydrogens (tertiary/aromatic N) is 1. The number of carbonyl (C=O) groups is 1. The average molecular weight is 202 g/mol. The van der Waals surface area contributed by atoms with E-state index in [4.69, 9.17) is 22.9 Å². The largest absolute Gasteiger partial charge is 0.330 e. The van der Waals surface area contributed by atoms with Crippen molar-refractivity contribution in [3.63, 3.8) is 0 Å². The molecule has 0 spiro atoms. The SMILES string of the molecule is [NH]C(=O)C(CCN)N(CCN)CCN. The minimum absolute atomic E-state index is 0.390. The number of nitrogens with two attached hydrogens (primary N) is 3. The summed E-state index contributed by atoms with van der Waals surface area (Å²) in [7, 11) is 0. The molecule has 0 aliphatic rings. The monoisotopic (exact) mass is 202 g/mol. The number of rotatable bonds is 8. The summed E-state index contributed by atoms with van der Waals surface area (Å²) in [5.41, 5.74) is 23.3. The van der Waals surface area contributed by atoms with Gasteiger partial charge in [0, 0.05) is 26.2 Å². The van der Waals surface area contributed by atoms with Gasteiger partial charge in [0.15, 0.2) is 0 Å². The Labute approximate surface area is 84.6 Å². The van der Waals surface area contributed by atoms with Gasteiger partial charge in [-0.3, -0.25) is 15.4 Å². The maximum atomic E-state index is 11.0. The van der Waals surface area contributed by atoms with E-state index in [-0.39, 0.29) is 0 Å². The Kier molecular flexibility index (Phi) is 7.31. The van der Waals surface area contributed by atoms with Crippen LogP contribution in [0.1, 0.15) is 6.42 Å². The Balaban J connectivity index is 4.29. The van der Waals surface area contributed by atoms with Gasteiger partial charge in [-0.15, -0.1) is 0 Å². The molecule has 0 aromatic heterocycles. The summed E-state index contributed by atoms with van der Waals surface area (Å²) in [6.07, 6.45) is 0.488. The van der Waals surface area contributed by atoms with Gasteiger partial charge in [0.25, 0.3) is 5.91 Å². The van der Waals surface area contributed by atoms with Gasteiger partial charge in [0.1, 0.15) is 0 Å². The summed E-state index contributed by atoms with van der Waals surface area (Å²) < 4.78 is 0. The molecular weight excluding hydrogens is 182 g/mol. The Bertz CT molecular complexity index is 158. The summed E-state index contributed by atoms with van der Waals surface area (Å²) in [6, 6.07) is -0.452. The van der Waals surface area contributed by atoms with Crippen molar-refractivity contribution in [2.24, 2.45) is 17.2 Å². The lowest BCUT2D eigenvalue weighted by atomic mass is 10.1. The Hall–Kier alpha value is -0.690. The van der Waals surface area contributed by atoms with Gasteiger partial charge in [-0.25, -0.2) is 0 Å². The first kappa shape index (κ1) is 13.3. The molecule has 0 aromatic rings. The predicted octanol–water partition coefficient (Wildman–Crippen LogP) is -2.27. The molecule has 0 bridgehead atoms. The predicted molar refractivity (Wildman–Crippen MR) is 55.2 cm³/mol. The van der Waals surface area contributed by atoms with E-state index in [1.807, 2.05) is 4.90 Å². The molecule has 0 saturated heterocycles. The lowest BCUT2D eigenvalue weighted by Crippen LogP contribution is -2.47. The van der Waals surface area contributed by atoms with Gasteiger partial charge >= 0.3 is 0 Å². The van der Waals surface area contributed by atoms with Crippen molar-refractivity contribution in [3.05, 3.63) is 0 Å². The molecule has 14 heavy (non-hydrogen) atoms. The molecule has 0 saturated carbocycles. The molecule has 0 heterocycles. The van der Waals surface area contributed by atoms with Gasteiger partial charge < -0.3 is 17.2 Å². The van der Waals surface area contributed by atoms with Crippen LogP contribution in [-0.2, 0) is 4.79 Å². The van der Waals surface area contributed by atoms with Crippen molar-refractivity contribution in [3.8, 4) is 0 Å². The first-order chi connectivity index (χ1) is 6.67. The first-order valence-electron chi connectivity index (χ1n) is 4.77. The molecule has 0 fully saturated rings. The molecule has 1 atom stereocenters. The molecule has 1 radical (unpaired) electrons.